The Balaban J connectivity index is 2.48. The number of hydrogen-bond donors (Lipinski definition) is 2. The third-order valence-electron chi connectivity index (χ3n) is 2.89. The standard InChI is InChI=1S/C17H19F3N2O2/c1-16(2,3)15(24)22-11-14(23)21-9-5-7-12-6-4-8-13(10-12)17(18,19)20/h4,6,8,10H,9,11H2,1-3H3,(H,21,23)(H,22,24). The highest BCUT2D eigenvalue weighted by Gasteiger charge is 2.30. The Morgan fingerprint density at radius 3 is 2.38 bits per heavy atom. The molecule has 2 amide bonds. The lowest BCUT2D eigenvalue weighted by Gasteiger charge is -2.17. The van der Waals surface area contributed by atoms with Crippen molar-refractivity contribution in [2.45, 2.75) is 26.9 Å². The molecule has 1 aromatic rings. The van der Waals surface area contributed by atoms with Crippen LogP contribution in [0.2, 0.25) is 0 Å². The molecule has 0 bridgehead atoms. The molecule has 7 heteroatoms. The van der Waals surface area contributed by atoms with E-state index < -0.39 is 23.1 Å². The first kappa shape index (κ1) is 19.6. The first-order valence-corrected chi connectivity index (χ1v) is 7.21. The fraction of sp³-hybridized carbons (Fsp3) is 0.412. The molecule has 0 radical (unpaired) electrons. The zero-order valence-electron chi connectivity index (χ0n) is 13.7. The molecule has 1 rings (SSSR count). The van der Waals surface area contributed by atoms with Crippen molar-refractivity contribution in [1.82, 2.24) is 10.6 Å². The Bertz CT molecular complexity index is 665. The predicted octanol–water partition coefficient (Wildman–Crippen LogP) is 2.34. The number of nitrogens with one attached hydrogen (secondary N) is 2. The SMILES string of the molecule is CC(C)(C)C(=O)NCC(=O)NCC#Cc1cccc(C(F)(F)F)c1. The van der Waals surface area contributed by atoms with Gasteiger partial charge in [0.1, 0.15) is 0 Å². The summed E-state index contributed by atoms with van der Waals surface area (Å²) in [6.07, 6.45) is -4.42. The van der Waals surface area contributed by atoms with E-state index in [0.29, 0.717) is 0 Å². The van der Waals surface area contributed by atoms with Crippen LogP contribution in [-0.2, 0) is 15.8 Å². The molecule has 0 aromatic heterocycles. The van der Waals surface area contributed by atoms with Crippen molar-refractivity contribution >= 4 is 11.8 Å². The first-order valence-electron chi connectivity index (χ1n) is 7.21. The van der Waals surface area contributed by atoms with Crippen molar-refractivity contribution in [3.8, 4) is 11.8 Å². The van der Waals surface area contributed by atoms with Crippen molar-refractivity contribution in [3.05, 3.63) is 35.4 Å². The second-order valence-electron chi connectivity index (χ2n) is 6.09. The van der Waals surface area contributed by atoms with E-state index in [1.807, 2.05) is 0 Å². The Hall–Kier alpha value is -2.49. The summed E-state index contributed by atoms with van der Waals surface area (Å²) >= 11 is 0. The fourth-order valence-corrected chi connectivity index (χ4v) is 1.55. The number of amides is 2. The lowest BCUT2D eigenvalue weighted by molar-refractivity contribution is -0.137. The van der Waals surface area contributed by atoms with Crippen molar-refractivity contribution in [3.63, 3.8) is 0 Å². The van der Waals surface area contributed by atoms with E-state index in [1.54, 1.807) is 20.8 Å². The summed E-state index contributed by atoms with van der Waals surface area (Å²) in [5.74, 6) is 4.43. The van der Waals surface area contributed by atoms with Crippen LogP contribution in [-0.4, -0.2) is 24.9 Å². The number of halogens is 3. The smallest absolute Gasteiger partial charge is 0.347 e. The van der Waals surface area contributed by atoms with Gasteiger partial charge in [0.05, 0.1) is 18.7 Å². The molecular formula is C17H19F3N2O2. The van der Waals surface area contributed by atoms with E-state index in [4.69, 9.17) is 0 Å². The molecule has 0 aliphatic heterocycles. The van der Waals surface area contributed by atoms with Gasteiger partial charge in [-0.2, -0.15) is 13.2 Å². The first-order chi connectivity index (χ1) is 11.0. The van der Waals surface area contributed by atoms with Crippen LogP contribution < -0.4 is 10.6 Å². The Morgan fingerprint density at radius 2 is 1.79 bits per heavy atom. The van der Waals surface area contributed by atoms with Crippen LogP contribution in [0.5, 0.6) is 0 Å². The van der Waals surface area contributed by atoms with Gasteiger partial charge in [-0.15, -0.1) is 0 Å². The van der Waals surface area contributed by atoms with E-state index in [1.165, 1.54) is 12.1 Å². The molecule has 0 unspecified atom stereocenters. The van der Waals surface area contributed by atoms with Gasteiger partial charge in [-0.3, -0.25) is 9.59 Å². The third-order valence-corrected chi connectivity index (χ3v) is 2.89. The van der Waals surface area contributed by atoms with Gasteiger partial charge in [-0.05, 0) is 18.2 Å². The molecule has 0 atom stereocenters. The maximum Gasteiger partial charge on any atom is 0.416 e. The lowest BCUT2D eigenvalue weighted by atomic mass is 9.96. The van der Waals surface area contributed by atoms with Gasteiger partial charge < -0.3 is 10.6 Å². The number of carbonyl (C=O) groups is 2. The average molecular weight is 340 g/mol. The maximum absolute atomic E-state index is 12.6. The van der Waals surface area contributed by atoms with E-state index in [0.717, 1.165) is 12.1 Å². The molecule has 24 heavy (non-hydrogen) atoms. The number of carbonyl (C=O) groups excluding carboxylic acids is 2. The summed E-state index contributed by atoms with van der Waals surface area (Å²) < 4.78 is 37.7. The largest absolute Gasteiger partial charge is 0.416 e. The molecule has 4 nitrogen and oxygen atoms in total. The quantitative estimate of drug-likeness (QED) is 0.830. The van der Waals surface area contributed by atoms with Crippen LogP contribution in [0, 0.1) is 17.3 Å². The third kappa shape index (κ3) is 6.73. The van der Waals surface area contributed by atoms with Crippen LogP contribution in [0.1, 0.15) is 31.9 Å². The maximum atomic E-state index is 12.6. The summed E-state index contributed by atoms with van der Waals surface area (Å²) in [5.41, 5.74) is -1.16. The summed E-state index contributed by atoms with van der Waals surface area (Å²) in [7, 11) is 0. The highest BCUT2D eigenvalue weighted by Crippen LogP contribution is 2.29. The van der Waals surface area contributed by atoms with Gasteiger partial charge in [0.15, 0.2) is 0 Å². The Kier molecular flexibility index (Phi) is 6.41. The van der Waals surface area contributed by atoms with Crippen molar-refractivity contribution in [2.24, 2.45) is 5.41 Å². The minimum Gasteiger partial charge on any atom is -0.347 e. The summed E-state index contributed by atoms with van der Waals surface area (Å²) in [6.45, 7) is 4.96. The molecule has 0 aliphatic rings. The monoisotopic (exact) mass is 340 g/mol. The molecule has 0 aliphatic carbocycles. The predicted molar refractivity (Wildman–Crippen MR) is 83.8 cm³/mol. The van der Waals surface area contributed by atoms with Crippen LogP contribution >= 0.6 is 0 Å². The summed E-state index contributed by atoms with van der Waals surface area (Å²) in [4.78, 5) is 23.1. The summed E-state index contributed by atoms with van der Waals surface area (Å²) in [5, 5.41) is 4.94. The van der Waals surface area contributed by atoms with Gasteiger partial charge in [-0.1, -0.05) is 38.7 Å². The molecule has 0 saturated heterocycles. The minimum atomic E-state index is -4.42. The number of benzene rings is 1. The van der Waals surface area contributed by atoms with Gasteiger partial charge in [0.25, 0.3) is 0 Å². The molecule has 1 aromatic carbocycles. The number of alkyl halides is 3. The molecule has 130 valence electrons. The van der Waals surface area contributed by atoms with Crippen LogP contribution in [0.4, 0.5) is 13.2 Å². The number of rotatable bonds is 3. The van der Waals surface area contributed by atoms with Gasteiger partial charge >= 0.3 is 6.18 Å². The Labute approximate surface area is 138 Å². The van der Waals surface area contributed by atoms with Gasteiger partial charge in [0, 0.05) is 11.0 Å². The van der Waals surface area contributed by atoms with Gasteiger partial charge in [-0.25, -0.2) is 0 Å². The van der Waals surface area contributed by atoms with Crippen molar-refractivity contribution in [2.75, 3.05) is 13.1 Å². The van der Waals surface area contributed by atoms with E-state index in [2.05, 4.69) is 22.5 Å². The molecule has 0 fully saturated rings. The van der Waals surface area contributed by atoms with Crippen molar-refractivity contribution in [1.29, 1.82) is 0 Å². The normalized spacial score (nSPS) is 11.2. The zero-order chi connectivity index (χ0) is 18.4. The van der Waals surface area contributed by atoms with Crippen LogP contribution in [0.3, 0.4) is 0 Å². The van der Waals surface area contributed by atoms with Crippen molar-refractivity contribution < 1.29 is 22.8 Å². The molecule has 2 N–H and O–H groups in total. The molecular weight excluding hydrogens is 321 g/mol. The average Bonchev–Trinajstić information content (AvgIpc) is 2.47. The minimum absolute atomic E-state index is 0.0273. The zero-order valence-corrected chi connectivity index (χ0v) is 13.7. The molecule has 0 heterocycles. The molecule has 0 spiro atoms. The molecule has 0 saturated carbocycles. The lowest BCUT2D eigenvalue weighted by Crippen LogP contribution is -2.41. The van der Waals surface area contributed by atoms with Crippen LogP contribution in [0.15, 0.2) is 24.3 Å². The van der Waals surface area contributed by atoms with E-state index >= 15 is 0 Å². The van der Waals surface area contributed by atoms with E-state index in [9.17, 15) is 22.8 Å². The second kappa shape index (κ2) is 7.86. The summed E-state index contributed by atoms with van der Waals surface area (Å²) in [6, 6.07) is 4.63. The highest BCUT2D eigenvalue weighted by atomic mass is 19.4. The fourth-order valence-electron chi connectivity index (χ4n) is 1.55. The second-order valence-corrected chi connectivity index (χ2v) is 6.09. The topological polar surface area (TPSA) is 58.2 Å². The highest BCUT2D eigenvalue weighted by molar-refractivity contribution is 5.87. The van der Waals surface area contributed by atoms with Crippen LogP contribution in [0.25, 0.3) is 0 Å². The van der Waals surface area contributed by atoms with Gasteiger partial charge in [0.2, 0.25) is 11.8 Å². The van der Waals surface area contributed by atoms with E-state index in [-0.39, 0.29) is 24.6 Å². The number of hydrogen-bond acceptors (Lipinski definition) is 2. The Morgan fingerprint density at radius 1 is 1.12 bits per heavy atom.